The Kier molecular flexibility index (Phi) is 3.93. The average molecular weight is 396 g/mol. The highest BCUT2D eigenvalue weighted by atomic mass is 32.1. The van der Waals surface area contributed by atoms with E-state index < -0.39 is 17.5 Å². The van der Waals surface area contributed by atoms with Crippen LogP contribution in [0.2, 0.25) is 0 Å². The fourth-order valence-corrected chi connectivity index (χ4v) is 5.35. The molecular formula is C21H20N2O4S. The minimum atomic E-state index is -1.21. The van der Waals surface area contributed by atoms with Crippen LogP contribution in [-0.2, 0) is 6.42 Å². The Bertz CT molecular complexity index is 1190. The highest BCUT2D eigenvalue weighted by molar-refractivity contribution is 7.15. The number of pyridine rings is 2. The zero-order chi connectivity index (χ0) is 19.6. The molecule has 3 heterocycles. The van der Waals surface area contributed by atoms with E-state index in [1.165, 1.54) is 11.8 Å². The van der Waals surface area contributed by atoms with E-state index in [0.29, 0.717) is 11.0 Å². The lowest BCUT2D eigenvalue weighted by Gasteiger charge is -2.16. The summed E-state index contributed by atoms with van der Waals surface area (Å²) in [6.45, 7) is 1.89. The predicted octanol–water partition coefficient (Wildman–Crippen LogP) is 3.84. The van der Waals surface area contributed by atoms with Crippen LogP contribution in [0.5, 0.6) is 0 Å². The number of fused-ring (bicyclic) bond motifs is 2. The van der Waals surface area contributed by atoms with Crippen LogP contribution >= 0.6 is 11.3 Å². The summed E-state index contributed by atoms with van der Waals surface area (Å²) in [7, 11) is 0. The molecule has 7 heteroatoms. The van der Waals surface area contributed by atoms with Crippen LogP contribution in [0.15, 0.2) is 23.1 Å². The monoisotopic (exact) mass is 396 g/mol. The number of thiophene rings is 1. The van der Waals surface area contributed by atoms with Gasteiger partial charge in [-0.25, -0.2) is 9.78 Å². The molecule has 2 aliphatic rings. The lowest BCUT2D eigenvalue weighted by Crippen LogP contribution is -2.19. The summed E-state index contributed by atoms with van der Waals surface area (Å²) in [6, 6.07) is 4.07. The Hall–Kier alpha value is -2.51. The van der Waals surface area contributed by atoms with E-state index in [1.54, 1.807) is 17.4 Å². The lowest BCUT2D eigenvalue weighted by atomic mass is 9.96. The van der Waals surface area contributed by atoms with Gasteiger partial charge in [0, 0.05) is 17.1 Å². The van der Waals surface area contributed by atoms with E-state index >= 15 is 0 Å². The molecule has 28 heavy (non-hydrogen) atoms. The highest BCUT2D eigenvalue weighted by Crippen LogP contribution is 2.42. The molecule has 1 unspecified atom stereocenters. The summed E-state index contributed by atoms with van der Waals surface area (Å²) in [5, 5.41) is 20.1. The molecule has 0 aromatic carbocycles. The van der Waals surface area contributed by atoms with Crippen LogP contribution in [0.25, 0.3) is 21.6 Å². The second kappa shape index (κ2) is 6.25. The average Bonchev–Trinajstić information content (AvgIpc) is 3.40. The Morgan fingerprint density at radius 1 is 1.29 bits per heavy atom. The van der Waals surface area contributed by atoms with E-state index in [-0.39, 0.29) is 11.6 Å². The molecule has 2 aliphatic carbocycles. The summed E-state index contributed by atoms with van der Waals surface area (Å²) >= 11 is 1.57. The second-order valence-electron chi connectivity index (χ2n) is 7.75. The van der Waals surface area contributed by atoms with Crippen molar-refractivity contribution in [1.82, 2.24) is 9.55 Å². The predicted molar refractivity (Wildman–Crippen MR) is 107 cm³/mol. The van der Waals surface area contributed by atoms with E-state index in [2.05, 4.69) is 6.07 Å². The number of aromatic carboxylic acids is 1. The van der Waals surface area contributed by atoms with Gasteiger partial charge in [0.25, 0.3) is 0 Å². The molecule has 0 aliphatic heterocycles. The van der Waals surface area contributed by atoms with Gasteiger partial charge in [0.1, 0.15) is 11.2 Å². The van der Waals surface area contributed by atoms with Gasteiger partial charge in [-0.2, -0.15) is 0 Å². The second-order valence-corrected chi connectivity index (χ2v) is 8.83. The number of carboxylic acids is 1. The van der Waals surface area contributed by atoms with Crippen molar-refractivity contribution < 1.29 is 15.0 Å². The molecule has 6 nitrogen and oxygen atoms in total. The maximum absolute atomic E-state index is 12.7. The molecule has 3 aromatic heterocycles. The number of hydrogen-bond donors (Lipinski definition) is 2. The fraction of sp³-hybridized carbons (Fsp3) is 0.381. The number of nitrogens with zero attached hydrogens (tertiary/aromatic N) is 2. The van der Waals surface area contributed by atoms with Gasteiger partial charge in [-0.05, 0) is 62.3 Å². The van der Waals surface area contributed by atoms with Gasteiger partial charge in [-0.3, -0.25) is 4.79 Å². The number of rotatable bonds is 3. The largest absolute Gasteiger partial charge is 0.477 e. The van der Waals surface area contributed by atoms with Crippen molar-refractivity contribution in [3.8, 4) is 10.6 Å². The number of aliphatic hydroxyl groups is 1. The van der Waals surface area contributed by atoms with E-state index in [9.17, 15) is 19.8 Å². The van der Waals surface area contributed by atoms with E-state index in [4.69, 9.17) is 4.98 Å². The van der Waals surface area contributed by atoms with Gasteiger partial charge in [-0.15, -0.1) is 11.3 Å². The third-order valence-corrected chi connectivity index (χ3v) is 6.95. The SMILES string of the molecule is Cc1cc2c(=O)c(C(=O)O)cn(C3CC3)c2nc1-c1cc2c(s1)C(O)CCC2. The minimum absolute atomic E-state index is 0.197. The topological polar surface area (TPSA) is 92.4 Å². The summed E-state index contributed by atoms with van der Waals surface area (Å²) < 4.78 is 1.85. The third-order valence-electron chi connectivity index (χ3n) is 5.67. The normalized spacial score (nSPS) is 19.0. The maximum Gasteiger partial charge on any atom is 0.341 e. The first-order chi connectivity index (χ1) is 13.4. The Balaban J connectivity index is 1.75. The number of hydrogen-bond acceptors (Lipinski definition) is 5. The summed E-state index contributed by atoms with van der Waals surface area (Å²) in [6.07, 6.45) is 5.68. The standard InChI is InChI=1S/C21H20N2O4S/c1-10-7-13-18(25)14(21(26)27)9-23(12-5-6-12)20(13)22-17(10)16-8-11-3-2-4-15(24)19(11)28-16/h7-9,12,15,24H,2-6H2,1H3,(H,26,27). The van der Waals surface area contributed by atoms with Crippen LogP contribution in [0.3, 0.4) is 0 Å². The number of carboxylic acid groups (broad SMARTS) is 1. The van der Waals surface area contributed by atoms with Gasteiger partial charge in [-0.1, -0.05) is 0 Å². The molecule has 3 aromatic rings. The molecule has 0 spiro atoms. The van der Waals surface area contributed by atoms with Gasteiger partial charge >= 0.3 is 5.97 Å². The van der Waals surface area contributed by atoms with Crippen molar-refractivity contribution in [1.29, 1.82) is 0 Å². The van der Waals surface area contributed by atoms with Gasteiger partial charge in [0.2, 0.25) is 5.43 Å². The van der Waals surface area contributed by atoms with Gasteiger partial charge in [0.05, 0.1) is 22.1 Å². The molecule has 0 bridgehead atoms. The van der Waals surface area contributed by atoms with Crippen molar-refractivity contribution >= 4 is 28.3 Å². The molecule has 0 saturated heterocycles. The quantitative estimate of drug-likeness (QED) is 0.702. The molecule has 1 saturated carbocycles. The van der Waals surface area contributed by atoms with Crippen molar-refractivity contribution in [2.75, 3.05) is 0 Å². The number of aromatic nitrogens is 2. The minimum Gasteiger partial charge on any atom is -0.477 e. The molecule has 5 rings (SSSR count). The first kappa shape index (κ1) is 17.6. The molecule has 1 fully saturated rings. The zero-order valence-electron chi connectivity index (χ0n) is 15.4. The van der Waals surface area contributed by atoms with Crippen molar-refractivity contribution in [3.63, 3.8) is 0 Å². The number of aliphatic hydroxyl groups excluding tert-OH is 1. The third kappa shape index (κ3) is 2.69. The van der Waals surface area contributed by atoms with Gasteiger partial charge < -0.3 is 14.8 Å². The van der Waals surface area contributed by atoms with Gasteiger partial charge in [0.15, 0.2) is 0 Å². The lowest BCUT2D eigenvalue weighted by molar-refractivity contribution is 0.0695. The Morgan fingerprint density at radius 2 is 2.07 bits per heavy atom. The van der Waals surface area contributed by atoms with Crippen LogP contribution in [0.1, 0.15) is 64.2 Å². The zero-order valence-corrected chi connectivity index (χ0v) is 16.3. The Labute approximate surface area is 165 Å². The molecule has 144 valence electrons. The Morgan fingerprint density at radius 3 is 2.75 bits per heavy atom. The molecular weight excluding hydrogens is 376 g/mol. The summed E-state index contributed by atoms with van der Waals surface area (Å²) in [5.74, 6) is -1.21. The van der Waals surface area contributed by atoms with E-state index in [0.717, 1.165) is 53.1 Å². The van der Waals surface area contributed by atoms with Crippen molar-refractivity contribution in [2.45, 2.75) is 51.2 Å². The number of carbonyl (C=O) groups is 1. The fourth-order valence-electron chi connectivity index (χ4n) is 4.06. The molecule has 0 radical (unpaired) electrons. The van der Waals surface area contributed by atoms with Crippen LogP contribution in [0.4, 0.5) is 0 Å². The maximum atomic E-state index is 12.7. The first-order valence-electron chi connectivity index (χ1n) is 9.55. The van der Waals surface area contributed by atoms with Crippen LogP contribution < -0.4 is 5.43 Å². The van der Waals surface area contributed by atoms with Crippen LogP contribution in [-0.4, -0.2) is 25.7 Å². The van der Waals surface area contributed by atoms with E-state index in [1.807, 2.05) is 11.5 Å². The number of aryl methyl sites for hydroxylation is 2. The van der Waals surface area contributed by atoms with Crippen molar-refractivity contribution in [2.24, 2.45) is 0 Å². The van der Waals surface area contributed by atoms with Crippen LogP contribution in [0, 0.1) is 6.92 Å². The molecule has 1 atom stereocenters. The smallest absolute Gasteiger partial charge is 0.341 e. The molecule has 0 amide bonds. The summed E-state index contributed by atoms with van der Waals surface area (Å²) in [4.78, 5) is 31.1. The first-order valence-corrected chi connectivity index (χ1v) is 10.4. The highest BCUT2D eigenvalue weighted by Gasteiger charge is 2.28. The summed E-state index contributed by atoms with van der Waals surface area (Å²) in [5.41, 5.74) is 2.68. The molecule has 2 N–H and O–H groups in total. The van der Waals surface area contributed by atoms with Crippen molar-refractivity contribution in [3.05, 3.63) is 50.1 Å².